The lowest BCUT2D eigenvalue weighted by Crippen LogP contribution is -2.23. The summed E-state index contributed by atoms with van der Waals surface area (Å²) in [7, 11) is 1.52. The van der Waals surface area contributed by atoms with Gasteiger partial charge < -0.3 is 9.47 Å². The van der Waals surface area contributed by atoms with E-state index in [2.05, 4.69) is 14.8 Å². The van der Waals surface area contributed by atoms with Gasteiger partial charge in [-0.05, 0) is 35.9 Å². The number of tetrazole rings is 1. The predicted molar refractivity (Wildman–Crippen MR) is 89.0 cm³/mol. The van der Waals surface area contributed by atoms with Gasteiger partial charge in [-0.2, -0.15) is 9.06 Å². The van der Waals surface area contributed by atoms with Gasteiger partial charge in [-0.3, -0.25) is 0 Å². The molecule has 2 heterocycles. The summed E-state index contributed by atoms with van der Waals surface area (Å²) in [6.45, 7) is 4.37. The highest BCUT2D eigenvalue weighted by Crippen LogP contribution is 2.31. The zero-order valence-electron chi connectivity index (χ0n) is 14.5. The monoisotopic (exact) mass is 349 g/mol. The Morgan fingerprint density at radius 3 is 2.83 bits per heavy atom. The summed E-state index contributed by atoms with van der Waals surface area (Å²) in [6.07, 6.45) is 0. The minimum absolute atomic E-state index is 0.155. The van der Waals surface area contributed by atoms with E-state index >= 15 is 0 Å². The van der Waals surface area contributed by atoms with Gasteiger partial charge in [0.1, 0.15) is 12.4 Å². The third-order valence-electron chi connectivity index (χ3n) is 3.32. The number of hydrogen-bond acceptors (Lipinski definition) is 7. The summed E-state index contributed by atoms with van der Waals surface area (Å²) < 4.78 is 25.6. The summed E-state index contributed by atoms with van der Waals surface area (Å²) in [6, 6.07) is 5.54. The minimum Gasteiger partial charge on any atom is -0.488 e. The first-order chi connectivity index (χ1) is 12.0. The molecule has 0 aliphatic heterocycles. The number of ether oxygens (including phenoxy) is 2. The van der Waals surface area contributed by atoms with E-state index in [1.165, 1.54) is 7.05 Å². The molecule has 8 nitrogen and oxygen atoms in total. The molecule has 3 rings (SSSR count). The summed E-state index contributed by atoms with van der Waals surface area (Å²) in [5, 5.41) is 8.11. The van der Waals surface area contributed by atoms with E-state index in [9.17, 15) is 4.79 Å². The van der Waals surface area contributed by atoms with Crippen molar-refractivity contribution in [1.82, 2.24) is 24.2 Å². The van der Waals surface area contributed by atoms with Crippen LogP contribution in [0.15, 0.2) is 29.0 Å². The summed E-state index contributed by atoms with van der Waals surface area (Å²) in [5.41, 5.74) is 1.08. The fourth-order valence-electron chi connectivity index (χ4n) is 2.08. The van der Waals surface area contributed by atoms with Crippen molar-refractivity contribution in [3.63, 3.8) is 0 Å². The van der Waals surface area contributed by atoms with Crippen molar-refractivity contribution in [1.29, 1.82) is 0 Å². The predicted octanol–water partition coefficient (Wildman–Crippen LogP) is 1.71. The Labute approximate surface area is 143 Å². The van der Waals surface area contributed by atoms with Crippen LogP contribution < -0.4 is 15.2 Å². The normalized spacial score (nSPS) is 11.4. The number of hydrogen-bond donors (Lipinski definition) is 0. The summed E-state index contributed by atoms with van der Waals surface area (Å²) in [4.78, 5) is 12.1. The lowest BCUT2D eigenvalue weighted by molar-refractivity contribution is 0.288. The maximum atomic E-state index is 12.1. The molecule has 1 aromatic carbocycles. The Morgan fingerprint density at radius 1 is 1.33 bits per heavy atom. The van der Waals surface area contributed by atoms with Crippen molar-refractivity contribution in [2.45, 2.75) is 20.5 Å². The van der Waals surface area contributed by atoms with Crippen LogP contribution in [0.2, 0.25) is 0 Å². The lowest BCUT2D eigenvalue weighted by atomic mass is 10.2. The lowest BCUT2D eigenvalue weighted by Gasteiger charge is -2.10. The van der Waals surface area contributed by atoms with Gasteiger partial charge in [-0.25, -0.2) is 4.79 Å². The maximum Gasteiger partial charge on any atom is 0.369 e. The quantitative estimate of drug-likeness (QED) is 0.674. The fraction of sp³-hybridized carbons (Fsp3) is 0.333. The van der Waals surface area contributed by atoms with Crippen molar-refractivity contribution in [3.8, 4) is 16.6 Å². The third-order valence-corrected chi connectivity index (χ3v) is 4.11. The van der Waals surface area contributed by atoms with Gasteiger partial charge in [0.15, 0.2) is 5.82 Å². The van der Waals surface area contributed by atoms with E-state index < -0.39 is 5.69 Å². The van der Waals surface area contributed by atoms with Crippen LogP contribution in [0.1, 0.15) is 19.4 Å². The Hall–Kier alpha value is -2.68. The van der Waals surface area contributed by atoms with Crippen molar-refractivity contribution in [2.24, 2.45) is 7.05 Å². The first kappa shape index (κ1) is 14.9. The molecule has 0 saturated carbocycles. The minimum atomic E-state index is -0.399. The van der Waals surface area contributed by atoms with E-state index in [-0.39, 0.29) is 6.61 Å². The summed E-state index contributed by atoms with van der Waals surface area (Å²) in [5.74, 6) is 1.00. The molecule has 0 spiro atoms. The van der Waals surface area contributed by atoms with Crippen LogP contribution in [-0.2, 0) is 13.7 Å². The fourth-order valence-corrected chi connectivity index (χ4v) is 2.87. The summed E-state index contributed by atoms with van der Waals surface area (Å²) >= 11 is 1.14. The molecule has 0 amide bonds. The van der Waals surface area contributed by atoms with Gasteiger partial charge in [0.25, 0.3) is 0 Å². The number of aryl methyl sites for hydroxylation is 2. The van der Waals surface area contributed by atoms with Crippen molar-refractivity contribution < 1.29 is 10.8 Å². The number of para-hydroxylation sites is 1. The molecule has 3 aromatic rings. The molecule has 0 aliphatic rings. The SMILES string of the molecule is [3H]c1ccc(OCc2c(-n3nnn(C)c3=O)nsc2OCC)c(C)c1. The van der Waals surface area contributed by atoms with Crippen LogP contribution in [0, 0.1) is 6.92 Å². The molecule has 0 radical (unpaired) electrons. The first-order valence-electron chi connectivity index (χ1n) is 7.82. The van der Waals surface area contributed by atoms with Crippen molar-refractivity contribution in [3.05, 3.63) is 45.9 Å². The Kier molecular flexibility index (Phi) is 4.24. The van der Waals surface area contributed by atoms with Crippen LogP contribution in [0.4, 0.5) is 0 Å². The average Bonchev–Trinajstić information content (AvgIpc) is 3.11. The Morgan fingerprint density at radius 2 is 2.17 bits per heavy atom. The first-order valence-corrected chi connectivity index (χ1v) is 8.09. The van der Waals surface area contributed by atoms with Gasteiger partial charge >= 0.3 is 5.69 Å². The van der Waals surface area contributed by atoms with Crippen LogP contribution in [0.3, 0.4) is 0 Å². The molecule has 0 aliphatic carbocycles. The second kappa shape index (κ2) is 6.83. The van der Waals surface area contributed by atoms with Gasteiger partial charge in [0, 0.05) is 18.6 Å². The van der Waals surface area contributed by atoms with Gasteiger partial charge in [0.2, 0.25) is 5.06 Å². The molecule has 0 saturated heterocycles. The molecule has 0 fully saturated rings. The molecular weight excluding hydrogens is 330 g/mol. The molecule has 2 aromatic heterocycles. The second-order valence-electron chi connectivity index (χ2n) is 4.98. The highest BCUT2D eigenvalue weighted by molar-refractivity contribution is 7.08. The van der Waals surface area contributed by atoms with Crippen LogP contribution in [0.5, 0.6) is 10.8 Å². The average molecular weight is 349 g/mol. The van der Waals surface area contributed by atoms with E-state index in [0.717, 1.165) is 26.5 Å². The molecular formula is C15H17N5O3S. The molecule has 0 N–H and O–H groups in total. The van der Waals surface area contributed by atoms with Gasteiger partial charge in [0.05, 0.1) is 13.5 Å². The number of rotatable bonds is 6. The highest BCUT2D eigenvalue weighted by Gasteiger charge is 2.21. The van der Waals surface area contributed by atoms with Crippen LogP contribution in [-0.4, -0.2) is 30.8 Å². The van der Waals surface area contributed by atoms with E-state index in [4.69, 9.17) is 10.8 Å². The zero-order valence-corrected chi connectivity index (χ0v) is 14.3. The van der Waals surface area contributed by atoms with Gasteiger partial charge in [-0.1, -0.05) is 18.2 Å². The number of aromatic nitrogens is 5. The Bertz CT molecular complexity index is 949. The third kappa shape index (κ3) is 3.02. The standard InChI is InChI=1S/C15H17N5O3S/c1-4-22-14-11(9-23-12-8-6-5-7-10(12)2)13(16-24-14)20-15(21)19(3)17-18-20/h5-8H,4,9H2,1-3H3/i5T. The molecule has 24 heavy (non-hydrogen) atoms. The Balaban J connectivity index is 1.94. The van der Waals surface area contributed by atoms with Crippen molar-refractivity contribution >= 4 is 11.5 Å². The molecule has 9 heteroatoms. The second-order valence-corrected chi connectivity index (χ2v) is 5.72. The number of benzene rings is 1. The largest absolute Gasteiger partial charge is 0.488 e. The molecule has 0 unspecified atom stereocenters. The van der Waals surface area contributed by atoms with Gasteiger partial charge in [-0.15, -0.1) is 4.68 Å². The van der Waals surface area contributed by atoms with Crippen molar-refractivity contribution in [2.75, 3.05) is 6.61 Å². The molecule has 126 valence electrons. The highest BCUT2D eigenvalue weighted by atomic mass is 32.1. The number of nitrogens with zero attached hydrogens (tertiary/aromatic N) is 5. The van der Waals surface area contributed by atoms with E-state index in [1.54, 1.807) is 18.2 Å². The van der Waals surface area contributed by atoms with E-state index in [1.807, 2.05) is 13.8 Å². The topological polar surface area (TPSA) is 84.1 Å². The smallest absolute Gasteiger partial charge is 0.369 e. The molecule has 0 bridgehead atoms. The maximum absolute atomic E-state index is 12.1. The van der Waals surface area contributed by atoms with Crippen LogP contribution >= 0.6 is 11.5 Å². The van der Waals surface area contributed by atoms with E-state index in [0.29, 0.717) is 34.8 Å². The molecule has 0 atom stereocenters. The van der Waals surface area contributed by atoms with Crippen LogP contribution in [0.25, 0.3) is 5.82 Å². The zero-order chi connectivity index (χ0) is 18.0.